The lowest BCUT2D eigenvalue weighted by atomic mass is 10.2. The molecule has 0 bridgehead atoms. The van der Waals surface area contributed by atoms with Gasteiger partial charge in [-0.3, -0.25) is 0 Å². The van der Waals surface area contributed by atoms with E-state index in [9.17, 15) is 0 Å². The molecule has 1 aliphatic rings. The average molecular weight is 539 g/mol. The van der Waals surface area contributed by atoms with Crippen LogP contribution in [0.15, 0.2) is 36.4 Å². The van der Waals surface area contributed by atoms with E-state index < -0.39 is 0 Å². The Bertz CT molecular complexity index is 873. The van der Waals surface area contributed by atoms with E-state index in [1.54, 1.807) is 64.8 Å². The predicted octanol–water partition coefficient (Wildman–Crippen LogP) is 2.89. The molecule has 0 aliphatic carbocycles. The quantitative estimate of drug-likeness (QED) is 0.541. The summed E-state index contributed by atoms with van der Waals surface area (Å²) < 4.78 is 44.7. The Hall–Kier alpha value is -3.00. The topological polar surface area (TPSA) is 98.8 Å². The molecular weight excluding hydrogens is 500 g/mol. The molecule has 1 aliphatic heterocycles. The Labute approximate surface area is 223 Å². The molecule has 2 aromatic carbocycles. The normalized spacial score (nSPS) is 17.3. The number of nitrogens with zero attached hydrogens (tertiary/aromatic N) is 2. The molecule has 0 radical (unpaired) electrons. The van der Waals surface area contributed by atoms with E-state index in [4.69, 9.17) is 47.6 Å². The molecule has 12 heteroatoms. The summed E-state index contributed by atoms with van der Waals surface area (Å²) in [7, 11) is 6.32. The molecule has 212 valence electrons. The summed E-state index contributed by atoms with van der Waals surface area (Å²) in [6.45, 7) is 3.68. The van der Waals surface area contributed by atoms with Crippen LogP contribution in [0.5, 0.6) is 23.0 Å². The van der Waals surface area contributed by atoms with Crippen molar-refractivity contribution in [2.24, 2.45) is 0 Å². The second kappa shape index (κ2) is 16.8. The first-order valence-electron chi connectivity index (χ1n) is 12.3. The van der Waals surface area contributed by atoms with Gasteiger partial charge in [-0.15, -0.1) is 10.3 Å². The van der Waals surface area contributed by atoms with Crippen molar-refractivity contribution in [1.29, 1.82) is 0 Å². The third-order valence-electron chi connectivity index (χ3n) is 5.35. The summed E-state index contributed by atoms with van der Waals surface area (Å²) in [5, 5.41) is 2.93. The van der Waals surface area contributed by atoms with Crippen LogP contribution < -0.4 is 29.3 Å². The number of methoxy groups -OCH3 is 4. The van der Waals surface area contributed by atoms with E-state index >= 15 is 0 Å². The predicted molar refractivity (Wildman–Crippen MR) is 139 cm³/mol. The minimum Gasteiger partial charge on any atom is -0.497 e. The second-order valence-electron chi connectivity index (χ2n) is 7.74. The fraction of sp³-hybridized carbons (Fsp3) is 0.538. The van der Waals surface area contributed by atoms with E-state index in [2.05, 4.69) is 0 Å². The zero-order chi connectivity index (χ0) is 27.0. The number of anilines is 2. The Morgan fingerprint density at radius 3 is 1.13 bits per heavy atom. The van der Waals surface area contributed by atoms with Crippen LogP contribution in [-0.4, -0.2) is 94.5 Å². The van der Waals surface area contributed by atoms with Crippen LogP contribution in [0.3, 0.4) is 0 Å². The highest BCUT2D eigenvalue weighted by atomic mass is 16.8. The molecule has 0 aromatic heterocycles. The van der Waals surface area contributed by atoms with Crippen molar-refractivity contribution in [2.45, 2.75) is 0 Å². The van der Waals surface area contributed by atoms with Crippen molar-refractivity contribution < 1.29 is 47.6 Å². The van der Waals surface area contributed by atoms with Gasteiger partial charge in [0.1, 0.15) is 47.6 Å². The summed E-state index contributed by atoms with van der Waals surface area (Å²) in [5.74, 6) is 2.23. The van der Waals surface area contributed by atoms with E-state index in [-0.39, 0.29) is 13.2 Å². The first kappa shape index (κ1) is 29.6. The van der Waals surface area contributed by atoms with Crippen LogP contribution in [0.1, 0.15) is 0 Å². The molecule has 0 atom stereocenters. The van der Waals surface area contributed by atoms with Gasteiger partial charge in [-0.25, -0.2) is 9.68 Å². The summed E-state index contributed by atoms with van der Waals surface area (Å²) >= 11 is 0. The molecule has 0 spiro atoms. The van der Waals surface area contributed by atoms with Gasteiger partial charge < -0.3 is 37.9 Å². The molecule has 1 heterocycles. The molecule has 0 saturated carbocycles. The van der Waals surface area contributed by atoms with Gasteiger partial charge >= 0.3 is 0 Å². The largest absolute Gasteiger partial charge is 0.497 e. The Kier molecular flexibility index (Phi) is 13.0. The van der Waals surface area contributed by atoms with Crippen molar-refractivity contribution in [3.05, 3.63) is 36.4 Å². The van der Waals surface area contributed by atoms with Crippen LogP contribution in [0.25, 0.3) is 0 Å². The van der Waals surface area contributed by atoms with E-state index in [0.29, 0.717) is 87.2 Å². The molecule has 0 amide bonds. The molecule has 1 fully saturated rings. The third-order valence-corrected chi connectivity index (χ3v) is 5.35. The SMILES string of the molecule is COc1ccc(OC)c(N2OCCOCCOCCOCCOCCON2c2cc(OC)ccc2OC)c1. The van der Waals surface area contributed by atoms with Gasteiger partial charge in [0.25, 0.3) is 0 Å². The smallest absolute Gasteiger partial charge is 0.147 e. The minimum atomic E-state index is 0.187. The molecule has 1 saturated heterocycles. The van der Waals surface area contributed by atoms with Crippen molar-refractivity contribution in [3.8, 4) is 23.0 Å². The second-order valence-corrected chi connectivity index (χ2v) is 7.74. The van der Waals surface area contributed by atoms with Crippen LogP contribution >= 0.6 is 0 Å². The van der Waals surface area contributed by atoms with Gasteiger partial charge in [0, 0.05) is 12.1 Å². The van der Waals surface area contributed by atoms with Gasteiger partial charge in [0.05, 0.1) is 81.3 Å². The van der Waals surface area contributed by atoms with Crippen LogP contribution in [0.4, 0.5) is 11.4 Å². The monoisotopic (exact) mass is 538 g/mol. The number of ether oxygens (including phenoxy) is 8. The lowest BCUT2D eigenvalue weighted by molar-refractivity contribution is -0.0526. The molecule has 2 aromatic rings. The maximum atomic E-state index is 6.23. The molecule has 3 rings (SSSR count). The maximum absolute atomic E-state index is 6.23. The molecule has 0 N–H and O–H groups in total. The van der Waals surface area contributed by atoms with Gasteiger partial charge in [0.2, 0.25) is 0 Å². The molecule has 12 nitrogen and oxygen atoms in total. The number of hydrogen-bond donors (Lipinski definition) is 0. The van der Waals surface area contributed by atoms with Crippen LogP contribution in [0.2, 0.25) is 0 Å². The van der Waals surface area contributed by atoms with Crippen molar-refractivity contribution in [2.75, 3.05) is 105 Å². The van der Waals surface area contributed by atoms with Crippen molar-refractivity contribution in [3.63, 3.8) is 0 Å². The summed E-state index contributed by atoms with van der Waals surface area (Å²) in [6, 6.07) is 10.7. The Morgan fingerprint density at radius 1 is 0.474 bits per heavy atom. The highest BCUT2D eigenvalue weighted by Crippen LogP contribution is 2.39. The molecular formula is C26H38N2O10. The van der Waals surface area contributed by atoms with E-state index in [1.165, 1.54) is 10.3 Å². The maximum Gasteiger partial charge on any atom is 0.147 e. The van der Waals surface area contributed by atoms with Gasteiger partial charge in [-0.1, -0.05) is 0 Å². The highest BCUT2D eigenvalue weighted by Gasteiger charge is 2.27. The third kappa shape index (κ3) is 8.79. The van der Waals surface area contributed by atoms with E-state index in [1.807, 2.05) is 0 Å². The van der Waals surface area contributed by atoms with E-state index in [0.717, 1.165) is 0 Å². The number of benzene rings is 2. The van der Waals surface area contributed by atoms with Gasteiger partial charge in [-0.2, -0.15) is 0 Å². The number of hydrogen-bond acceptors (Lipinski definition) is 12. The van der Waals surface area contributed by atoms with Gasteiger partial charge in [-0.05, 0) is 24.3 Å². The van der Waals surface area contributed by atoms with Crippen molar-refractivity contribution in [1.82, 2.24) is 0 Å². The average Bonchev–Trinajstić information content (AvgIpc) is 2.96. The van der Waals surface area contributed by atoms with Crippen LogP contribution in [-0.2, 0) is 28.6 Å². The van der Waals surface area contributed by atoms with Crippen LogP contribution in [0, 0.1) is 0 Å². The summed E-state index contributed by atoms with van der Waals surface area (Å²) in [5.41, 5.74) is 1.03. The Morgan fingerprint density at radius 2 is 0.816 bits per heavy atom. The summed E-state index contributed by atoms with van der Waals surface area (Å²) in [4.78, 5) is 12.5. The lowest BCUT2D eigenvalue weighted by Crippen LogP contribution is -2.45. The molecule has 38 heavy (non-hydrogen) atoms. The number of hydrazine groups is 1. The fourth-order valence-corrected chi connectivity index (χ4v) is 3.46. The molecule has 0 unspecified atom stereocenters. The number of rotatable bonds is 6. The first-order valence-corrected chi connectivity index (χ1v) is 12.3. The fourth-order valence-electron chi connectivity index (χ4n) is 3.46. The lowest BCUT2D eigenvalue weighted by Gasteiger charge is -2.36. The standard InChI is InChI=1S/C26H38N2O10/c1-29-21-5-7-25(31-3)23(19-21)27-28(24-20-22(30-2)6-8-26(24)32-4)38-18-16-36-14-12-34-10-9-33-11-13-35-15-17-37-27/h5-8,19-20H,9-18H2,1-4H3. The zero-order valence-electron chi connectivity index (χ0n) is 22.5. The highest BCUT2D eigenvalue weighted by molar-refractivity contribution is 5.67. The van der Waals surface area contributed by atoms with Gasteiger partial charge in [0.15, 0.2) is 0 Å². The summed E-state index contributed by atoms with van der Waals surface area (Å²) in [6.07, 6.45) is 0. The first-order chi connectivity index (χ1) is 18.7. The Balaban J connectivity index is 1.99. The minimum absolute atomic E-state index is 0.187. The van der Waals surface area contributed by atoms with Crippen molar-refractivity contribution >= 4 is 11.4 Å². The zero-order valence-corrected chi connectivity index (χ0v) is 22.5.